The molecule has 0 fully saturated rings. The summed E-state index contributed by atoms with van der Waals surface area (Å²) in [5.74, 6) is 0. The van der Waals surface area contributed by atoms with Crippen LogP contribution in [0.3, 0.4) is 0 Å². The van der Waals surface area contributed by atoms with Gasteiger partial charge in [-0.2, -0.15) is 0 Å². The van der Waals surface area contributed by atoms with Crippen LogP contribution >= 0.6 is 22.6 Å². The highest BCUT2D eigenvalue weighted by molar-refractivity contribution is 14.1. The summed E-state index contributed by atoms with van der Waals surface area (Å²) in [6.07, 6.45) is 1.18. The van der Waals surface area contributed by atoms with Crippen molar-refractivity contribution in [1.82, 2.24) is 0 Å². The lowest BCUT2D eigenvalue weighted by atomic mass is 10.1. The van der Waals surface area contributed by atoms with E-state index in [1.807, 2.05) is 0 Å². The molecule has 0 atom stereocenters. The smallest absolute Gasteiger partial charge is 0.0538 e. The molecule has 1 aliphatic heterocycles. The Bertz CT molecular complexity index is 522. The molecule has 3 rings (SSSR count). The van der Waals surface area contributed by atoms with Crippen molar-refractivity contribution in [2.45, 2.75) is 13.0 Å². The summed E-state index contributed by atoms with van der Waals surface area (Å²) in [6.45, 7) is 2.16. The van der Waals surface area contributed by atoms with Crippen molar-refractivity contribution in [2.75, 3.05) is 11.4 Å². The quantitative estimate of drug-likeness (QED) is 0.754. The Morgan fingerprint density at radius 2 is 1.82 bits per heavy atom. The van der Waals surface area contributed by atoms with Crippen LogP contribution in [0.5, 0.6) is 0 Å². The molecule has 0 saturated heterocycles. The summed E-state index contributed by atoms with van der Waals surface area (Å²) in [5.41, 5.74) is 4.32. The van der Waals surface area contributed by atoms with Gasteiger partial charge < -0.3 is 4.90 Å². The third-order valence-electron chi connectivity index (χ3n) is 3.25. The Hall–Kier alpha value is -1.03. The van der Waals surface area contributed by atoms with E-state index in [0.717, 1.165) is 13.1 Å². The molecule has 2 heteroatoms. The van der Waals surface area contributed by atoms with E-state index in [4.69, 9.17) is 0 Å². The summed E-state index contributed by atoms with van der Waals surface area (Å²) in [5, 5.41) is 0. The predicted octanol–water partition coefficient (Wildman–Crippen LogP) is 3.85. The van der Waals surface area contributed by atoms with Gasteiger partial charge in [-0.15, -0.1) is 0 Å². The molecule has 0 aromatic heterocycles. The van der Waals surface area contributed by atoms with Gasteiger partial charge >= 0.3 is 0 Å². The largest absolute Gasteiger partial charge is 0.366 e. The van der Waals surface area contributed by atoms with Gasteiger partial charge in [0.25, 0.3) is 0 Å². The number of hydrogen-bond acceptors (Lipinski definition) is 1. The van der Waals surface area contributed by atoms with Crippen molar-refractivity contribution in [3.05, 3.63) is 63.2 Å². The van der Waals surface area contributed by atoms with Gasteiger partial charge in [0.15, 0.2) is 0 Å². The molecule has 0 bridgehead atoms. The molecule has 17 heavy (non-hydrogen) atoms. The fourth-order valence-corrected chi connectivity index (χ4v) is 3.34. The van der Waals surface area contributed by atoms with Crippen LogP contribution < -0.4 is 4.90 Å². The Balaban J connectivity index is 1.89. The first-order valence-electron chi connectivity index (χ1n) is 5.91. The number of anilines is 1. The third kappa shape index (κ3) is 2.18. The van der Waals surface area contributed by atoms with Gasteiger partial charge in [0.1, 0.15) is 0 Å². The molecule has 1 heterocycles. The zero-order valence-electron chi connectivity index (χ0n) is 9.57. The Labute approximate surface area is 116 Å². The molecule has 0 amide bonds. The number of fused-ring (bicyclic) bond motifs is 1. The maximum absolute atomic E-state index is 2.49. The van der Waals surface area contributed by atoms with Gasteiger partial charge in [0.05, 0.1) is 5.69 Å². The minimum Gasteiger partial charge on any atom is -0.366 e. The standard InChI is InChI=1S/C15H14IN/c16-14-8-4-7-13-9-10-17(15(13)14)11-12-5-2-1-3-6-12/h1-8H,9-11H2. The molecule has 0 spiro atoms. The molecule has 2 aromatic rings. The second-order valence-corrected chi connectivity index (χ2v) is 5.57. The summed E-state index contributed by atoms with van der Waals surface area (Å²) in [7, 11) is 0. The topological polar surface area (TPSA) is 3.24 Å². The molecular formula is C15H14IN. The van der Waals surface area contributed by atoms with Gasteiger partial charge in [-0.25, -0.2) is 0 Å². The molecule has 1 aliphatic rings. The summed E-state index contributed by atoms with van der Waals surface area (Å²) in [6, 6.07) is 17.3. The number of nitrogens with zero attached hydrogens (tertiary/aromatic N) is 1. The zero-order chi connectivity index (χ0) is 11.7. The van der Waals surface area contributed by atoms with E-state index in [-0.39, 0.29) is 0 Å². The van der Waals surface area contributed by atoms with Crippen LogP contribution in [0.1, 0.15) is 11.1 Å². The predicted molar refractivity (Wildman–Crippen MR) is 80.4 cm³/mol. The molecule has 0 aliphatic carbocycles. The van der Waals surface area contributed by atoms with E-state index in [1.165, 1.54) is 26.8 Å². The lowest BCUT2D eigenvalue weighted by Gasteiger charge is -2.20. The van der Waals surface area contributed by atoms with Gasteiger partial charge in [-0.3, -0.25) is 0 Å². The van der Waals surface area contributed by atoms with Crippen molar-refractivity contribution in [1.29, 1.82) is 0 Å². The van der Waals surface area contributed by atoms with Crippen LogP contribution in [0.25, 0.3) is 0 Å². The van der Waals surface area contributed by atoms with E-state index in [9.17, 15) is 0 Å². The van der Waals surface area contributed by atoms with Gasteiger partial charge in [0.2, 0.25) is 0 Å². The highest BCUT2D eigenvalue weighted by atomic mass is 127. The Morgan fingerprint density at radius 3 is 2.65 bits per heavy atom. The lowest BCUT2D eigenvalue weighted by Crippen LogP contribution is -2.20. The maximum Gasteiger partial charge on any atom is 0.0538 e. The van der Waals surface area contributed by atoms with Crippen LogP contribution in [0.2, 0.25) is 0 Å². The van der Waals surface area contributed by atoms with Crippen LogP contribution in [0.15, 0.2) is 48.5 Å². The zero-order valence-corrected chi connectivity index (χ0v) is 11.7. The SMILES string of the molecule is Ic1cccc2c1N(Cc1ccccc1)CC2. The molecule has 0 saturated carbocycles. The van der Waals surface area contributed by atoms with E-state index in [1.54, 1.807) is 0 Å². The van der Waals surface area contributed by atoms with E-state index >= 15 is 0 Å². The van der Waals surface area contributed by atoms with Crippen molar-refractivity contribution in [3.8, 4) is 0 Å². The third-order valence-corrected chi connectivity index (χ3v) is 4.12. The molecule has 0 unspecified atom stereocenters. The van der Waals surface area contributed by atoms with Crippen LogP contribution in [0, 0.1) is 3.57 Å². The van der Waals surface area contributed by atoms with Gasteiger partial charge in [-0.1, -0.05) is 42.5 Å². The van der Waals surface area contributed by atoms with Crippen LogP contribution in [-0.4, -0.2) is 6.54 Å². The molecular weight excluding hydrogens is 321 g/mol. The minimum atomic E-state index is 1.02. The molecule has 2 aromatic carbocycles. The number of para-hydroxylation sites is 1. The molecule has 0 radical (unpaired) electrons. The molecule has 0 N–H and O–H groups in total. The monoisotopic (exact) mass is 335 g/mol. The van der Waals surface area contributed by atoms with Crippen molar-refractivity contribution in [3.63, 3.8) is 0 Å². The van der Waals surface area contributed by atoms with Gasteiger partial charge in [-0.05, 0) is 46.2 Å². The number of halogens is 1. The first-order chi connectivity index (χ1) is 8.34. The summed E-state index contributed by atoms with van der Waals surface area (Å²) < 4.78 is 1.37. The van der Waals surface area contributed by atoms with Crippen molar-refractivity contribution in [2.24, 2.45) is 0 Å². The second kappa shape index (κ2) is 4.69. The maximum atomic E-state index is 2.49. The highest BCUT2D eigenvalue weighted by Crippen LogP contribution is 2.33. The minimum absolute atomic E-state index is 1.02. The lowest BCUT2D eigenvalue weighted by molar-refractivity contribution is 0.835. The highest BCUT2D eigenvalue weighted by Gasteiger charge is 2.20. The normalized spacial score (nSPS) is 13.8. The molecule has 1 nitrogen and oxygen atoms in total. The Kier molecular flexibility index (Phi) is 3.05. The van der Waals surface area contributed by atoms with E-state index in [2.05, 4.69) is 76.0 Å². The summed E-state index contributed by atoms with van der Waals surface area (Å²) >= 11 is 2.44. The van der Waals surface area contributed by atoms with E-state index < -0.39 is 0 Å². The van der Waals surface area contributed by atoms with Gasteiger partial charge in [0, 0.05) is 16.7 Å². The van der Waals surface area contributed by atoms with Crippen LogP contribution in [-0.2, 0) is 13.0 Å². The first-order valence-corrected chi connectivity index (χ1v) is 6.99. The molecule has 86 valence electrons. The Morgan fingerprint density at radius 1 is 1.00 bits per heavy atom. The number of hydrogen-bond donors (Lipinski definition) is 0. The fourth-order valence-electron chi connectivity index (χ4n) is 2.45. The fraction of sp³-hybridized carbons (Fsp3) is 0.200. The number of rotatable bonds is 2. The van der Waals surface area contributed by atoms with E-state index in [0.29, 0.717) is 0 Å². The second-order valence-electron chi connectivity index (χ2n) is 4.40. The first kappa shape index (κ1) is 11.1. The summed E-state index contributed by atoms with van der Waals surface area (Å²) in [4.78, 5) is 2.49. The van der Waals surface area contributed by atoms with Crippen molar-refractivity contribution >= 4 is 28.3 Å². The average Bonchev–Trinajstić information content (AvgIpc) is 2.75. The van der Waals surface area contributed by atoms with Crippen LogP contribution in [0.4, 0.5) is 5.69 Å². The number of benzene rings is 2. The van der Waals surface area contributed by atoms with Crippen molar-refractivity contribution < 1.29 is 0 Å². The average molecular weight is 335 g/mol.